The minimum Gasteiger partial charge on any atom is -0.508 e. The van der Waals surface area contributed by atoms with E-state index in [-0.39, 0.29) is 12.4 Å². The average molecular weight is 213 g/mol. The van der Waals surface area contributed by atoms with Crippen molar-refractivity contribution in [3.05, 3.63) is 23.3 Å². The number of phenolic OH excluding ortho intramolecular Hbond substituents is 1. The average Bonchev–Trinajstić information content (AvgIpc) is 2.17. The number of nitrogens with two attached hydrogens (primary N) is 1. The second-order valence-electron chi connectivity index (χ2n) is 3.17. The zero-order valence-electron chi connectivity index (χ0n) is 8.32. The van der Waals surface area contributed by atoms with E-state index in [0.717, 1.165) is 10.5 Å². The lowest BCUT2D eigenvalue weighted by Crippen LogP contribution is -2.14. The number of aliphatic hydroxyl groups excluding tert-OH is 1. The summed E-state index contributed by atoms with van der Waals surface area (Å²) in [5, 5.41) is 18.5. The third-order valence-electron chi connectivity index (χ3n) is 2.14. The molecule has 0 aliphatic heterocycles. The highest BCUT2D eigenvalue weighted by atomic mass is 32.2. The van der Waals surface area contributed by atoms with Gasteiger partial charge in [-0.3, -0.25) is 0 Å². The number of hydrogen-bond donors (Lipinski definition) is 3. The zero-order chi connectivity index (χ0) is 10.7. The van der Waals surface area contributed by atoms with E-state index in [0.29, 0.717) is 5.56 Å². The molecular formula is C10H15NO2S. The second-order valence-corrected chi connectivity index (χ2v) is 4.02. The van der Waals surface area contributed by atoms with Gasteiger partial charge in [-0.2, -0.15) is 0 Å². The first-order chi connectivity index (χ1) is 6.60. The Morgan fingerprint density at radius 3 is 2.64 bits per heavy atom. The van der Waals surface area contributed by atoms with Crippen molar-refractivity contribution in [1.82, 2.24) is 0 Å². The Morgan fingerprint density at radius 2 is 2.14 bits per heavy atom. The smallest absolute Gasteiger partial charge is 0.120 e. The highest BCUT2D eigenvalue weighted by molar-refractivity contribution is 7.98. The van der Waals surface area contributed by atoms with Crippen LogP contribution in [0.15, 0.2) is 17.0 Å². The molecular weight excluding hydrogens is 198 g/mol. The molecule has 1 aromatic carbocycles. The molecule has 0 aliphatic carbocycles. The van der Waals surface area contributed by atoms with Crippen LogP contribution in [-0.4, -0.2) is 23.1 Å². The molecule has 0 saturated carbocycles. The third-order valence-corrected chi connectivity index (χ3v) is 3.02. The predicted molar refractivity (Wildman–Crippen MR) is 58.6 cm³/mol. The van der Waals surface area contributed by atoms with Crippen LogP contribution in [0.1, 0.15) is 17.2 Å². The van der Waals surface area contributed by atoms with Gasteiger partial charge < -0.3 is 15.9 Å². The van der Waals surface area contributed by atoms with Crippen molar-refractivity contribution in [2.45, 2.75) is 17.9 Å². The lowest BCUT2D eigenvalue weighted by atomic mass is 10.1. The fourth-order valence-electron chi connectivity index (χ4n) is 1.30. The van der Waals surface area contributed by atoms with E-state index in [1.165, 1.54) is 0 Å². The summed E-state index contributed by atoms with van der Waals surface area (Å²) in [5.74, 6) is 0.154. The first kappa shape index (κ1) is 11.4. The standard InChI is InChI=1S/C10H15NO2S/c1-6-3-9(13)7(8(11)5-12)4-10(6)14-2/h3-4,8,12-13H,5,11H2,1-2H3. The van der Waals surface area contributed by atoms with Crippen molar-refractivity contribution in [1.29, 1.82) is 0 Å². The van der Waals surface area contributed by atoms with Gasteiger partial charge in [-0.25, -0.2) is 0 Å². The highest BCUT2D eigenvalue weighted by Gasteiger charge is 2.12. The lowest BCUT2D eigenvalue weighted by molar-refractivity contribution is 0.265. The zero-order valence-corrected chi connectivity index (χ0v) is 9.14. The number of rotatable bonds is 3. The summed E-state index contributed by atoms with van der Waals surface area (Å²) < 4.78 is 0. The Labute approximate surface area is 87.9 Å². The normalized spacial score (nSPS) is 12.9. The van der Waals surface area contributed by atoms with Crippen molar-refractivity contribution in [3.63, 3.8) is 0 Å². The van der Waals surface area contributed by atoms with Gasteiger partial charge in [-0.15, -0.1) is 11.8 Å². The van der Waals surface area contributed by atoms with E-state index in [1.807, 2.05) is 19.2 Å². The van der Waals surface area contributed by atoms with Crippen molar-refractivity contribution in [3.8, 4) is 5.75 Å². The predicted octanol–water partition coefficient (Wildman–Crippen LogP) is 1.41. The molecule has 0 amide bonds. The number of aromatic hydroxyl groups is 1. The van der Waals surface area contributed by atoms with Gasteiger partial charge in [-0.05, 0) is 30.9 Å². The Bertz CT molecular complexity index is 328. The molecule has 1 aromatic rings. The molecule has 0 bridgehead atoms. The Kier molecular flexibility index (Phi) is 3.80. The molecule has 1 atom stereocenters. The number of aliphatic hydroxyl groups is 1. The highest BCUT2D eigenvalue weighted by Crippen LogP contribution is 2.30. The fraction of sp³-hybridized carbons (Fsp3) is 0.400. The van der Waals surface area contributed by atoms with Gasteiger partial charge in [0.25, 0.3) is 0 Å². The summed E-state index contributed by atoms with van der Waals surface area (Å²) in [6.07, 6.45) is 1.97. The van der Waals surface area contributed by atoms with E-state index >= 15 is 0 Å². The molecule has 1 unspecified atom stereocenters. The second kappa shape index (κ2) is 4.68. The largest absolute Gasteiger partial charge is 0.508 e. The van der Waals surface area contributed by atoms with Crippen LogP contribution in [0.25, 0.3) is 0 Å². The van der Waals surface area contributed by atoms with Gasteiger partial charge in [0.2, 0.25) is 0 Å². The Balaban J connectivity index is 3.17. The van der Waals surface area contributed by atoms with E-state index in [4.69, 9.17) is 10.8 Å². The molecule has 0 saturated heterocycles. The summed E-state index contributed by atoms with van der Waals surface area (Å²) in [7, 11) is 0. The molecule has 3 nitrogen and oxygen atoms in total. The van der Waals surface area contributed by atoms with Crippen molar-refractivity contribution >= 4 is 11.8 Å². The van der Waals surface area contributed by atoms with Gasteiger partial charge in [0.05, 0.1) is 12.6 Å². The Hall–Kier alpha value is -0.710. The monoisotopic (exact) mass is 213 g/mol. The molecule has 0 radical (unpaired) electrons. The number of benzene rings is 1. The summed E-state index contributed by atoms with van der Waals surface area (Å²) in [4.78, 5) is 1.07. The molecule has 0 spiro atoms. The number of thioether (sulfide) groups is 1. The van der Waals surface area contributed by atoms with Crippen molar-refractivity contribution in [2.24, 2.45) is 5.73 Å². The van der Waals surface area contributed by atoms with Crippen LogP contribution >= 0.6 is 11.8 Å². The summed E-state index contributed by atoms with van der Waals surface area (Å²) in [6, 6.07) is 2.99. The Morgan fingerprint density at radius 1 is 1.50 bits per heavy atom. The SMILES string of the molecule is CSc1cc(C(N)CO)c(O)cc1C. The van der Waals surface area contributed by atoms with Gasteiger partial charge in [0, 0.05) is 10.5 Å². The minimum absolute atomic E-state index is 0.154. The fourth-order valence-corrected chi connectivity index (χ4v) is 1.93. The van der Waals surface area contributed by atoms with Crippen molar-refractivity contribution < 1.29 is 10.2 Å². The van der Waals surface area contributed by atoms with Crippen LogP contribution in [0.2, 0.25) is 0 Å². The van der Waals surface area contributed by atoms with Crippen molar-refractivity contribution in [2.75, 3.05) is 12.9 Å². The van der Waals surface area contributed by atoms with E-state index in [1.54, 1.807) is 17.8 Å². The van der Waals surface area contributed by atoms with Crippen LogP contribution < -0.4 is 5.73 Å². The molecule has 0 fully saturated rings. The first-order valence-corrected chi connectivity index (χ1v) is 5.56. The number of phenols is 1. The number of hydrogen-bond acceptors (Lipinski definition) is 4. The van der Waals surface area contributed by atoms with Gasteiger partial charge in [0.15, 0.2) is 0 Å². The summed E-state index contributed by atoms with van der Waals surface area (Å²) >= 11 is 1.60. The van der Waals surface area contributed by atoms with Crippen LogP contribution in [0, 0.1) is 6.92 Å². The molecule has 4 N–H and O–H groups in total. The molecule has 0 aliphatic rings. The van der Waals surface area contributed by atoms with Gasteiger partial charge >= 0.3 is 0 Å². The van der Waals surface area contributed by atoms with Crippen LogP contribution in [0.4, 0.5) is 0 Å². The molecule has 0 aromatic heterocycles. The minimum atomic E-state index is -0.513. The molecule has 78 valence electrons. The molecule has 4 heteroatoms. The van der Waals surface area contributed by atoms with E-state index < -0.39 is 6.04 Å². The first-order valence-electron chi connectivity index (χ1n) is 4.34. The topological polar surface area (TPSA) is 66.5 Å². The molecule has 0 heterocycles. The summed E-state index contributed by atoms with van der Waals surface area (Å²) in [5.41, 5.74) is 7.27. The van der Waals surface area contributed by atoms with E-state index in [9.17, 15) is 5.11 Å². The summed E-state index contributed by atoms with van der Waals surface area (Å²) in [6.45, 7) is 1.77. The molecule has 14 heavy (non-hydrogen) atoms. The number of aryl methyl sites for hydroxylation is 1. The quantitative estimate of drug-likeness (QED) is 0.664. The maximum atomic E-state index is 9.61. The lowest BCUT2D eigenvalue weighted by Gasteiger charge is -2.13. The van der Waals surface area contributed by atoms with Gasteiger partial charge in [0.1, 0.15) is 5.75 Å². The molecule has 1 rings (SSSR count). The maximum Gasteiger partial charge on any atom is 0.120 e. The van der Waals surface area contributed by atoms with E-state index in [2.05, 4.69) is 0 Å². The maximum absolute atomic E-state index is 9.61. The third kappa shape index (κ3) is 2.20. The van der Waals surface area contributed by atoms with Crippen LogP contribution in [0.3, 0.4) is 0 Å². The van der Waals surface area contributed by atoms with Crippen LogP contribution in [0.5, 0.6) is 5.75 Å². The van der Waals surface area contributed by atoms with Crippen LogP contribution in [-0.2, 0) is 0 Å². The van der Waals surface area contributed by atoms with Gasteiger partial charge in [-0.1, -0.05) is 0 Å².